The van der Waals surface area contributed by atoms with Crippen molar-refractivity contribution in [3.05, 3.63) is 97.2 Å². The first-order chi connectivity index (χ1) is 33.8. The van der Waals surface area contributed by atoms with Crippen molar-refractivity contribution in [3.8, 4) is 0 Å². The maximum absolute atomic E-state index is 13.0. The Balaban J connectivity index is 2.06. The number of carbonyl (C=O) groups is 1. The van der Waals surface area contributed by atoms with Gasteiger partial charge < -0.3 is 40.3 Å². The molecule has 0 aliphatic carbocycles. The Hall–Kier alpha value is -2.89. The van der Waals surface area contributed by atoms with Crippen molar-refractivity contribution in [1.82, 2.24) is 5.32 Å². The molecule has 7 atom stereocenters. The summed E-state index contributed by atoms with van der Waals surface area (Å²) < 4.78 is 11.2. The molecule has 6 N–H and O–H groups in total. The highest BCUT2D eigenvalue weighted by Gasteiger charge is 2.44. The van der Waals surface area contributed by atoms with Crippen LogP contribution in [0.25, 0.3) is 0 Å². The van der Waals surface area contributed by atoms with Gasteiger partial charge in [-0.1, -0.05) is 227 Å². The van der Waals surface area contributed by atoms with Crippen LogP contribution in [-0.4, -0.2) is 87.5 Å². The zero-order valence-corrected chi connectivity index (χ0v) is 43.8. The molecule has 7 unspecified atom stereocenters. The molecule has 0 aromatic heterocycles. The van der Waals surface area contributed by atoms with E-state index in [1.807, 2.05) is 6.08 Å². The third-order valence-corrected chi connectivity index (χ3v) is 12.6. The maximum atomic E-state index is 13.0. The molecule has 1 heterocycles. The normalized spacial score (nSPS) is 20.2. The zero-order chi connectivity index (χ0) is 50.1. The SMILES string of the molecule is CC/C=C\C/C=C\C/C=C\C/C=C\C/C=C\C/C=C\CCCCCCCCCCCCCCCCCCCCC(=O)NC(COC1OC(CO)C(O)C(O)C1O)C(O)/C=C/CC/C=C/CCCCC. The Morgan fingerprint density at radius 1 is 0.507 bits per heavy atom. The van der Waals surface area contributed by atoms with Crippen molar-refractivity contribution in [2.75, 3.05) is 13.2 Å². The number of rotatable bonds is 46. The van der Waals surface area contributed by atoms with E-state index in [4.69, 9.17) is 9.47 Å². The van der Waals surface area contributed by atoms with Crippen molar-refractivity contribution >= 4 is 5.91 Å². The summed E-state index contributed by atoms with van der Waals surface area (Å²) in [6.45, 7) is 3.58. The van der Waals surface area contributed by atoms with E-state index >= 15 is 0 Å². The van der Waals surface area contributed by atoms with Crippen molar-refractivity contribution in [2.24, 2.45) is 0 Å². The minimum atomic E-state index is -1.57. The number of aliphatic hydroxyl groups excluding tert-OH is 5. The number of carbonyl (C=O) groups excluding carboxylic acids is 1. The summed E-state index contributed by atoms with van der Waals surface area (Å²) in [5.74, 6) is -0.191. The number of allylic oxidation sites excluding steroid dienone is 15. The van der Waals surface area contributed by atoms with Crippen molar-refractivity contribution < 1.29 is 39.8 Å². The smallest absolute Gasteiger partial charge is 0.220 e. The molecule has 0 radical (unpaired) electrons. The molecule has 1 aliphatic rings. The summed E-state index contributed by atoms with van der Waals surface area (Å²) in [6, 6.07) is -0.823. The highest BCUT2D eigenvalue weighted by Crippen LogP contribution is 2.23. The van der Waals surface area contributed by atoms with Gasteiger partial charge in [-0.05, 0) is 83.5 Å². The van der Waals surface area contributed by atoms with E-state index in [-0.39, 0.29) is 12.5 Å². The second kappa shape index (κ2) is 48.7. The third kappa shape index (κ3) is 38.5. The van der Waals surface area contributed by atoms with Crippen LogP contribution in [0.15, 0.2) is 97.2 Å². The third-order valence-electron chi connectivity index (χ3n) is 12.6. The Morgan fingerprint density at radius 3 is 1.39 bits per heavy atom. The molecule has 0 spiro atoms. The van der Waals surface area contributed by atoms with Crippen LogP contribution in [0.3, 0.4) is 0 Å². The Kier molecular flexibility index (Phi) is 45.3. The number of amides is 1. The van der Waals surface area contributed by atoms with Gasteiger partial charge in [0.15, 0.2) is 6.29 Å². The molecule has 1 saturated heterocycles. The molecule has 1 aliphatic heterocycles. The minimum Gasteiger partial charge on any atom is -0.394 e. The van der Waals surface area contributed by atoms with Crippen LogP contribution in [-0.2, 0) is 14.3 Å². The van der Waals surface area contributed by atoms with Gasteiger partial charge in [-0.2, -0.15) is 0 Å². The van der Waals surface area contributed by atoms with Crippen molar-refractivity contribution in [1.29, 1.82) is 0 Å². The predicted octanol–water partition coefficient (Wildman–Crippen LogP) is 13.6. The average Bonchev–Trinajstić information content (AvgIpc) is 3.35. The number of hydrogen-bond acceptors (Lipinski definition) is 8. The van der Waals surface area contributed by atoms with Crippen LogP contribution in [0.1, 0.15) is 219 Å². The quantitative estimate of drug-likeness (QED) is 0.0261. The minimum absolute atomic E-state index is 0.191. The summed E-state index contributed by atoms with van der Waals surface area (Å²) in [7, 11) is 0. The van der Waals surface area contributed by atoms with Gasteiger partial charge in [0.1, 0.15) is 24.4 Å². The van der Waals surface area contributed by atoms with Crippen LogP contribution >= 0.6 is 0 Å². The van der Waals surface area contributed by atoms with Gasteiger partial charge in [-0.15, -0.1) is 0 Å². The lowest BCUT2D eigenvalue weighted by Crippen LogP contribution is -2.60. The van der Waals surface area contributed by atoms with Gasteiger partial charge >= 0.3 is 0 Å². The van der Waals surface area contributed by atoms with Gasteiger partial charge in [0.2, 0.25) is 5.91 Å². The Labute approximate surface area is 422 Å². The molecule has 1 fully saturated rings. The molecular weight excluding hydrogens is 863 g/mol. The summed E-state index contributed by atoms with van der Waals surface area (Å²) in [4.78, 5) is 13.0. The van der Waals surface area contributed by atoms with Gasteiger partial charge in [0.05, 0.1) is 25.4 Å². The van der Waals surface area contributed by atoms with Crippen molar-refractivity contribution in [2.45, 2.75) is 262 Å². The lowest BCUT2D eigenvalue weighted by molar-refractivity contribution is -0.302. The molecule has 69 heavy (non-hydrogen) atoms. The van der Waals surface area contributed by atoms with Gasteiger partial charge in [0, 0.05) is 6.42 Å². The monoisotopic (exact) mass is 966 g/mol. The molecule has 0 aromatic rings. The number of aliphatic hydroxyl groups is 5. The molecular formula is C60H103NO8. The second-order valence-corrected chi connectivity index (χ2v) is 19.0. The first-order valence-electron chi connectivity index (χ1n) is 28.0. The molecule has 9 heteroatoms. The predicted molar refractivity (Wildman–Crippen MR) is 290 cm³/mol. The van der Waals surface area contributed by atoms with E-state index in [2.05, 4.69) is 104 Å². The summed E-state index contributed by atoms with van der Waals surface area (Å²) in [5.41, 5.74) is 0. The Morgan fingerprint density at radius 2 is 0.913 bits per heavy atom. The molecule has 0 aromatic carbocycles. The van der Waals surface area contributed by atoms with Crippen LogP contribution < -0.4 is 5.32 Å². The van der Waals surface area contributed by atoms with Gasteiger partial charge in [-0.25, -0.2) is 0 Å². The topological polar surface area (TPSA) is 149 Å². The maximum Gasteiger partial charge on any atom is 0.220 e. The highest BCUT2D eigenvalue weighted by molar-refractivity contribution is 5.76. The molecule has 0 saturated carbocycles. The molecule has 9 nitrogen and oxygen atoms in total. The fraction of sp³-hybridized carbons (Fsp3) is 0.717. The largest absolute Gasteiger partial charge is 0.394 e. The van der Waals surface area contributed by atoms with E-state index < -0.39 is 49.5 Å². The fourth-order valence-corrected chi connectivity index (χ4v) is 8.23. The molecule has 1 rings (SSSR count). The van der Waals surface area contributed by atoms with Crippen LogP contribution in [0, 0.1) is 0 Å². The number of unbranched alkanes of at least 4 members (excludes halogenated alkanes) is 22. The first kappa shape index (κ1) is 64.1. The van der Waals surface area contributed by atoms with E-state index in [0.717, 1.165) is 77.0 Å². The highest BCUT2D eigenvalue weighted by atomic mass is 16.7. The lowest BCUT2D eigenvalue weighted by atomic mass is 9.99. The van der Waals surface area contributed by atoms with Gasteiger partial charge in [-0.3, -0.25) is 4.79 Å². The number of ether oxygens (including phenoxy) is 2. The molecule has 1 amide bonds. The fourth-order valence-electron chi connectivity index (χ4n) is 8.23. The summed E-state index contributed by atoms with van der Waals surface area (Å²) >= 11 is 0. The second-order valence-electron chi connectivity index (χ2n) is 19.0. The molecule has 0 bridgehead atoms. The standard InChI is InChI=1S/C60H103NO8/c1-3-5-7-9-11-13-14-15-16-17-18-19-20-21-22-23-24-25-26-27-28-29-30-31-32-33-34-35-36-37-38-39-40-42-44-46-48-50-56(64)61-53(54(63)49-47-45-43-41-12-10-8-6-4-2)52-68-60-59(67)58(66)57(65)55(51-62)69-60/h5,7,11-13,15-16,18-19,21-22,24-25,41,47,49,53-55,57-60,62-63,65-67H,3-4,6,8-10,14,17,20,23,26-40,42-46,48,50-52H2,1-2H3,(H,61,64)/b7-5-,13-11-,16-15-,19-18-,22-21-,25-24-,41-12+,49-47+. The lowest BCUT2D eigenvalue weighted by Gasteiger charge is -2.40. The van der Waals surface area contributed by atoms with E-state index in [9.17, 15) is 30.3 Å². The van der Waals surface area contributed by atoms with E-state index in [1.54, 1.807) is 6.08 Å². The summed E-state index contributed by atoms with van der Waals surface area (Å²) in [5, 5.41) is 54.1. The van der Waals surface area contributed by atoms with Crippen LogP contribution in [0.2, 0.25) is 0 Å². The first-order valence-corrected chi connectivity index (χ1v) is 28.0. The number of hydrogen-bond donors (Lipinski definition) is 6. The van der Waals surface area contributed by atoms with E-state index in [1.165, 1.54) is 122 Å². The zero-order valence-electron chi connectivity index (χ0n) is 43.8. The number of nitrogens with one attached hydrogen (secondary N) is 1. The van der Waals surface area contributed by atoms with Crippen molar-refractivity contribution in [3.63, 3.8) is 0 Å². The van der Waals surface area contributed by atoms with Crippen LogP contribution in [0.5, 0.6) is 0 Å². The summed E-state index contributed by atoms with van der Waals surface area (Å²) in [6.07, 6.45) is 63.7. The molecule has 396 valence electrons. The van der Waals surface area contributed by atoms with Crippen LogP contribution in [0.4, 0.5) is 0 Å². The van der Waals surface area contributed by atoms with E-state index in [0.29, 0.717) is 6.42 Å². The van der Waals surface area contributed by atoms with Gasteiger partial charge in [0.25, 0.3) is 0 Å². The Bertz CT molecular complexity index is 1400. The average molecular weight is 966 g/mol.